The van der Waals surface area contributed by atoms with Gasteiger partial charge < -0.3 is 14.8 Å². The summed E-state index contributed by atoms with van der Waals surface area (Å²) in [5, 5.41) is 24.4. The van der Waals surface area contributed by atoms with Crippen molar-refractivity contribution in [3.8, 4) is 11.4 Å². The van der Waals surface area contributed by atoms with Crippen LogP contribution in [-0.2, 0) is 17.7 Å². The molecular weight excluding hydrogens is 325 g/mol. The summed E-state index contributed by atoms with van der Waals surface area (Å²) in [6.45, 7) is 5.92. The zero-order valence-electron chi connectivity index (χ0n) is 13.8. The average Bonchev–Trinajstić information content (AvgIpc) is 2.99. The molecule has 3 rings (SSSR count). The van der Waals surface area contributed by atoms with Gasteiger partial charge in [0.2, 0.25) is 5.60 Å². The van der Waals surface area contributed by atoms with Crippen molar-refractivity contribution in [1.82, 2.24) is 19.3 Å². The van der Waals surface area contributed by atoms with E-state index in [-0.39, 0.29) is 6.04 Å². The van der Waals surface area contributed by atoms with Crippen molar-refractivity contribution in [2.24, 2.45) is 0 Å². The summed E-state index contributed by atoms with van der Waals surface area (Å²) in [6.07, 6.45) is -3.54. The molecule has 2 aromatic rings. The van der Waals surface area contributed by atoms with Crippen LogP contribution in [-0.4, -0.2) is 35.7 Å². The smallest absolute Gasteiger partial charge is 0.384 e. The van der Waals surface area contributed by atoms with Gasteiger partial charge in [0, 0.05) is 0 Å². The van der Waals surface area contributed by atoms with E-state index < -0.39 is 23.2 Å². The predicted octanol–water partition coefficient (Wildman–Crippen LogP) is 2.32. The fraction of sp³-hybridized carbons (Fsp3) is 0.600. The van der Waals surface area contributed by atoms with Crippen molar-refractivity contribution in [3.63, 3.8) is 0 Å². The molecule has 132 valence electrons. The molecule has 9 heteroatoms. The molecule has 0 saturated carbocycles. The molecule has 2 atom stereocenters. The van der Waals surface area contributed by atoms with E-state index in [1.165, 1.54) is 10.8 Å². The van der Waals surface area contributed by atoms with Crippen LogP contribution in [0.3, 0.4) is 0 Å². The van der Waals surface area contributed by atoms with Crippen molar-refractivity contribution in [2.75, 3.05) is 0 Å². The van der Waals surface area contributed by atoms with E-state index in [2.05, 4.69) is 10.1 Å². The first-order chi connectivity index (χ1) is 10.8. The van der Waals surface area contributed by atoms with Gasteiger partial charge in [0.15, 0.2) is 5.82 Å². The third-order valence-corrected chi connectivity index (χ3v) is 4.33. The van der Waals surface area contributed by atoms with E-state index in [1.54, 1.807) is 31.5 Å². The Morgan fingerprint density at radius 2 is 1.79 bits per heavy atom. The van der Waals surface area contributed by atoms with E-state index in [1.807, 2.05) is 0 Å². The monoisotopic (exact) mass is 344 g/mol. The molecule has 24 heavy (non-hydrogen) atoms. The topological polar surface area (TPSA) is 76.1 Å². The Kier molecular flexibility index (Phi) is 3.41. The Hall–Kier alpha value is -1.87. The lowest BCUT2D eigenvalue weighted by Gasteiger charge is -2.31. The lowest BCUT2D eigenvalue weighted by molar-refractivity contribution is -0.262. The first-order valence-electron chi connectivity index (χ1n) is 7.52. The van der Waals surface area contributed by atoms with Crippen molar-refractivity contribution in [1.29, 1.82) is 0 Å². The highest BCUT2D eigenvalue weighted by molar-refractivity contribution is 5.58. The van der Waals surface area contributed by atoms with Gasteiger partial charge in [-0.25, -0.2) is 4.98 Å². The van der Waals surface area contributed by atoms with Crippen LogP contribution in [0.4, 0.5) is 13.2 Å². The van der Waals surface area contributed by atoms with Gasteiger partial charge in [-0.3, -0.25) is 4.68 Å². The number of alkyl halides is 3. The first-order valence-corrected chi connectivity index (χ1v) is 7.52. The van der Waals surface area contributed by atoms with Gasteiger partial charge >= 0.3 is 6.18 Å². The minimum absolute atomic E-state index is 0.315. The molecule has 0 fully saturated rings. The maximum Gasteiger partial charge on any atom is 0.424 e. The highest BCUT2D eigenvalue weighted by Crippen LogP contribution is 2.42. The third-order valence-electron chi connectivity index (χ3n) is 4.33. The SMILES string of the molecule is C[C@H]1Cn2nc(C(C)(C)O)cc2-c2cnc(C(C)(O)C(F)(F)F)n21. The highest BCUT2D eigenvalue weighted by atomic mass is 19.4. The number of aromatic nitrogens is 4. The minimum Gasteiger partial charge on any atom is -0.384 e. The molecule has 0 radical (unpaired) electrons. The quantitative estimate of drug-likeness (QED) is 0.877. The Bertz CT molecular complexity index is 784. The zero-order chi connectivity index (χ0) is 18.1. The molecule has 1 aliphatic heterocycles. The lowest BCUT2D eigenvalue weighted by Crippen LogP contribution is -2.42. The van der Waals surface area contributed by atoms with Gasteiger partial charge in [0.25, 0.3) is 0 Å². The van der Waals surface area contributed by atoms with Gasteiger partial charge in [-0.05, 0) is 33.8 Å². The normalized spacial score (nSPS) is 20.5. The van der Waals surface area contributed by atoms with Crippen molar-refractivity contribution >= 4 is 0 Å². The second-order valence-corrected chi connectivity index (χ2v) is 6.91. The summed E-state index contributed by atoms with van der Waals surface area (Å²) < 4.78 is 42.6. The highest BCUT2D eigenvalue weighted by Gasteiger charge is 2.55. The number of hydrogen-bond donors (Lipinski definition) is 2. The van der Waals surface area contributed by atoms with Crippen LogP contribution in [0.1, 0.15) is 45.3 Å². The van der Waals surface area contributed by atoms with E-state index >= 15 is 0 Å². The van der Waals surface area contributed by atoms with Crippen LogP contribution >= 0.6 is 0 Å². The second-order valence-electron chi connectivity index (χ2n) is 6.91. The number of halogens is 3. The molecule has 0 amide bonds. The molecule has 6 nitrogen and oxygen atoms in total. The fourth-order valence-corrected chi connectivity index (χ4v) is 2.88. The Labute approximate surface area is 136 Å². The van der Waals surface area contributed by atoms with E-state index in [4.69, 9.17) is 0 Å². The summed E-state index contributed by atoms with van der Waals surface area (Å²) >= 11 is 0. The molecule has 2 N–H and O–H groups in total. The Morgan fingerprint density at radius 1 is 1.17 bits per heavy atom. The van der Waals surface area contributed by atoms with Crippen molar-refractivity contribution in [3.05, 3.63) is 23.8 Å². The van der Waals surface area contributed by atoms with Crippen LogP contribution in [0.15, 0.2) is 12.3 Å². The average molecular weight is 344 g/mol. The molecule has 0 aliphatic carbocycles. The van der Waals surface area contributed by atoms with Gasteiger partial charge in [-0.15, -0.1) is 0 Å². The van der Waals surface area contributed by atoms with Crippen LogP contribution < -0.4 is 0 Å². The largest absolute Gasteiger partial charge is 0.424 e. The molecule has 1 unspecified atom stereocenters. The van der Waals surface area contributed by atoms with Crippen LogP contribution in [0.25, 0.3) is 11.4 Å². The zero-order valence-corrected chi connectivity index (χ0v) is 13.8. The van der Waals surface area contributed by atoms with Gasteiger partial charge in [0.1, 0.15) is 5.60 Å². The van der Waals surface area contributed by atoms with Gasteiger partial charge in [0.05, 0.1) is 35.9 Å². The second kappa shape index (κ2) is 4.82. The molecular formula is C15H19F3N4O2. The number of nitrogens with zero attached hydrogens (tertiary/aromatic N) is 4. The number of hydrogen-bond acceptors (Lipinski definition) is 4. The first kappa shape index (κ1) is 17.0. The van der Waals surface area contributed by atoms with Crippen molar-refractivity contribution < 1.29 is 23.4 Å². The predicted molar refractivity (Wildman–Crippen MR) is 79.0 cm³/mol. The van der Waals surface area contributed by atoms with Crippen LogP contribution in [0.5, 0.6) is 0 Å². The number of imidazole rings is 1. The summed E-state index contributed by atoms with van der Waals surface area (Å²) in [5.74, 6) is -0.449. The Balaban J connectivity index is 2.18. The van der Waals surface area contributed by atoms with E-state index in [0.29, 0.717) is 30.6 Å². The standard InChI is InChI=1S/C15H19F3N4O2/c1-8-7-21-9(5-11(20-21)13(2,3)23)10-6-19-12(22(8)10)14(4,24)15(16,17)18/h5-6,8,23-24H,7H2,1-4H3/t8-,14?/m0/s1. The molecule has 0 aromatic carbocycles. The summed E-state index contributed by atoms with van der Waals surface area (Å²) in [6, 6.07) is 1.25. The molecule has 2 aromatic heterocycles. The summed E-state index contributed by atoms with van der Waals surface area (Å²) in [7, 11) is 0. The molecule has 0 spiro atoms. The van der Waals surface area contributed by atoms with Crippen LogP contribution in [0.2, 0.25) is 0 Å². The fourth-order valence-electron chi connectivity index (χ4n) is 2.88. The van der Waals surface area contributed by atoms with E-state index in [0.717, 1.165) is 0 Å². The maximum atomic E-state index is 13.2. The molecule has 1 aliphatic rings. The number of rotatable bonds is 2. The number of fused-ring (bicyclic) bond motifs is 3. The summed E-state index contributed by atoms with van der Waals surface area (Å²) in [5.41, 5.74) is -2.82. The lowest BCUT2D eigenvalue weighted by atomic mass is 10.0. The molecule has 3 heterocycles. The summed E-state index contributed by atoms with van der Waals surface area (Å²) in [4.78, 5) is 3.85. The van der Waals surface area contributed by atoms with Crippen LogP contribution in [0, 0.1) is 0 Å². The minimum atomic E-state index is -4.84. The molecule has 0 saturated heterocycles. The Morgan fingerprint density at radius 3 is 2.33 bits per heavy atom. The number of aliphatic hydroxyl groups is 2. The third kappa shape index (κ3) is 2.34. The molecule has 0 bridgehead atoms. The van der Waals surface area contributed by atoms with Gasteiger partial charge in [-0.1, -0.05) is 0 Å². The van der Waals surface area contributed by atoms with E-state index in [9.17, 15) is 23.4 Å². The van der Waals surface area contributed by atoms with Gasteiger partial charge in [-0.2, -0.15) is 18.3 Å². The van der Waals surface area contributed by atoms with Crippen molar-refractivity contribution in [2.45, 2.75) is 57.7 Å². The maximum absolute atomic E-state index is 13.2.